The molecule has 2 aliphatic rings. The van der Waals surface area contributed by atoms with Crippen molar-refractivity contribution >= 4 is 38.3 Å². The number of hydrogen-bond donors (Lipinski definition) is 2. The maximum absolute atomic E-state index is 12.6. The first kappa shape index (κ1) is 16.5. The number of nitrogens with one attached hydrogen (secondary N) is 1. The molecule has 1 unspecified atom stereocenters. The molecule has 0 saturated carbocycles. The van der Waals surface area contributed by atoms with Crippen molar-refractivity contribution in [2.24, 2.45) is 0 Å². The molecule has 0 bridgehead atoms. The number of ether oxygens (including phenoxy) is 1. The molecule has 1 saturated heterocycles. The summed E-state index contributed by atoms with van der Waals surface area (Å²) in [6.07, 6.45) is 1.35. The van der Waals surface area contributed by atoms with Crippen LogP contribution in [0.3, 0.4) is 0 Å². The number of hydrogen-bond acceptors (Lipinski definition) is 6. The number of rotatable bonds is 3. The van der Waals surface area contributed by atoms with Crippen LogP contribution in [0.2, 0.25) is 0 Å². The van der Waals surface area contributed by atoms with E-state index in [2.05, 4.69) is 15.2 Å². The van der Waals surface area contributed by atoms with Crippen LogP contribution < -0.4 is 15.0 Å². The van der Waals surface area contributed by atoms with Crippen molar-refractivity contribution in [3.63, 3.8) is 0 Å². The molecule has 2 aliphatic heterocycles. The van der Waals surface area contributed by atoms with Gasteiger partial charge in [0.25, 0.3) is 5.91 Å². The van der Waals surface area contributed by atoms with Gasteiger partial charge in [-0.05, 0) is 48.4 Å². The lowest BCUT2D eigenvalue weighted by molar-refractivity contribution is 0.102. The van der Waals surface area contributed by atoms with Crippen molar-refractivity contribution in [2.45, 2.75) is 18.9 Å². The van der Waals surface area contributed by atoms with Crippen LogP contribution in [0, 0.1) is 0 Å². The van der Waals surface area contributed by atoms with E-state index in [1.807, 2.05) is 30.3 Å². The second-order valence-corrected chi connectivity index (χ2v) is 7.95. The smallest absolute Gasteiger partial charge is 0.255 e. The number of aliphatic hydroxyl groups is 1. The Hall–Kier alpha value is -2.64. The lowest BCUT2D eigenvalue weighted by atomic mass is 10.1. The van der Waals surface area contributed by atoms with E-state index >= 15 is 0 Å². The van der Waals surface area contributed by atoms with Crippen molar-refractivity contribution in [3.8, 4) is 5.75 Å². The van der Waals surface area contributed by atoms with Crippen molar-refractivity contribution in [3.05, 3.63) is 47.5 Å². The Kier molecular flexibility index (Phi) is 3.98. The normalized spacial score (nSPS) is 18.6. The van der Waals surface area contributed by atoms with E-state index in [0.717, 1.165) is 51.7 Å². The second kappa shape index (κ2) is 6.51. The molecule has 7 heteroatoms. The minimum Gasteiger partial charge on any atom is -0.493 e. The zero-order valence-corrected chi connectivity index (χ0v) is 15.5. The average Bonchev–Trinajstić information content (AvgIpc) is 3.39. The maximum atomic E-state index is 12.6. The predicted molar refractivity (Wildman–Crippen MR) is 106 cm³/mol. The third kappa shape index (κ3) is 3.13. The molecule has 27 heavy (non-hydrogen) atoms. The molecule has 138 valence electrons. The van der Waals surface area contributed by atoms with Crippen LogP contribution in [-0.2, 0) is 6.42 Å². The van der Waals surface area contributed by atoms with Crippen LogP contribution in [0.4, 0.5) is 10.8 Å². The van der Waals surface area contributed by atoms with E-state index in [1.54, 1.807) is 17.4 Å². The van der Waals surface area contributed by atoms with E-state index in [0.29, 0.717) is 18.7 Å². The first-order valence-electron chi connectivity index (χ1n) is 9.06. The summed E-state index contributed by atoms with van der Waals surface area (Å²) in [7, 11) is 0. The highest BCUT2D eigenvalue weighted by atomic mass is 32.1. The number of anilines is 2. The lowest BCUT2D eigenvalue weighted by Gasteiger charge is -2.12. The first-order valence-corrected chi connectivity index (χ1v) is 9.88. The van der Waals surface area contributed by atoms with Crippen molar-refractivity contribution in [2.75, 3.05) is 29.9 Å². The number of aliphatic hydroxyl groups excluding tert-OH is 1. The average molecular weight is 381 g/mol. The fourth-order valence-corrected chi connectivity index (χ4v) is 4.56. The zero-order valence-electron chi connectivity index (χ0n) is 14.6. The summed E-state index contributed by atoms with van der Waals surface area (Å²) < 4.78 is 6.56. The molecule has 0 radical (unpaired) electrons. The van der Waals surface area contributed by atoms with Gasteiger partial charge in [0.15, 0.2) is 5.13 Å². The molecular formula is C20H19N3O3S. The summed E-state index contributed by atoms with van der Waals surface area (Å²) in [6.45, 7) is 2.13. The van der Waals surface area contributed by atoms with Gasteiger partial charge in [-0.1, -0.05) is 11.3 Å². The van der Waals surface area contributed by atoms with E-state index in [1.165, 1.54) is 0 Å². The first-order chi connectivity index (χ1) is 13.2. The minimum absolute atomic E-state index is 0.137. The van der Waals surface area contributed by atoms with E-state index in [4.69, 9.17) is 4.74 Å². The van der Waals surface area contributed by atoms with Crippen LogP contribution in [0.15, 0.2) is 36.4 Å². The largest absolute Gasteiger partial charge is 0.493 e. The third-order valence-electron chi connectivity index (χ3n) is 5.02. The van der Waals surface area contributed by atoms with Crippen molar-refractivity contribution in [1.29, 1.82) is 0 Å². The molecular weight excluding hydrogens is 362 g/mol. The molecule has 0 spiro atoms. The summed E-state index contributed by atoms with van der Waals surface area (Å²) in [5, 5.41) is 13.6. The van der Waals surface area contributed by atoms with Gasteiger partial charge in [-0.3, -0.25) is 4.79 Å². The van der Waals surface area contributed by atoms with Crippen LogP contribution >= 0.6 is 11.3 Å². The Labute approximate surface area is 160 Å². The highest BCUT2D eigenvalue weighted by molar-refractivity contribution is 7.22. The van der Waals surface area contributed by atoms with E-state index < -0.39 is 0 Å². The molecule has 1 amide bonds. The van der Waals surface area contributed by atoms with Gasteiger partial charge in [0, 0.05) is 30.8 Å². The number of amides is 1. The molecule has 1 atom stereocenters. The summed E-state index contributed by atoms with van der Waals surface area (Å²) in [5.41, 5.74) is 3.29. The van der Waals surface area contributed by atoms with Gasteiger partial charge in [0.05, 0.1) is 22.9 Å². The Morgan fingerprint density at radius 2 is 2.22 bits per heavy atom. The van der Waals surface area contributed by atoms with E-state index in [9.17, 15) is 9.90 Å². The number of carbonyl (C=O) groups is 1. The number of aromatic nitrogens is 1. The SMILES string of the molecule is O=C(Nc1ccc2sc(N3CCC(O)C3)nc2c1)c1ccc2c(c1)CCO2. The topological polar surface area (TPSA) is 74.7 Å². The summed E-state index contributed by atoms with van der Waals surface area (Å²) in [6, 6.07) is 11.3. The minimum atomic E-state index is -0.274. The Balaban J connectivity index is 1.36. The fourth-order valence-electron chi connectivity index (χ4n) is 3.57. The summed E-state index contributed by atoms with van der Waals surface area (Å²) in [4.78, 5) is 19.4. The Morgan fingerprint density at radius 3 is 3.07 bits per heavy atom. The number of thiazole rings is 1. The second-order valence-electron chi connectivity index (χ2n) is 6.94. The number of carbonyl (C=O) groups excluding carboxylic acids is 1. The standard InChI is InChI=1S/C20H19N3O3S/c24-15-5-7-23(11-15)20-22-16-10-14(2-4-18(16)27-20)21-19(25)13-1-3-17-12(9-13)6-8-26-17/h1-4,9-10,15,24H,5-8,11H2,(H,21,25). The van der Waals surface area contributed by atoms with E-state index in [-0.39, 0.29) is 12.0 Å². The molecule has 1 aromatic heterocycles. The van der Waals surface area contributed by atoms with Crippen molar-refractivity contribution < 1.29 is 14.6 Å². The highest BCUT2D eigenvalue weighted by Gasteiger charge is 2.23. The molecule has 0 aliphatic carbocycles. The molecule has 1 fully saturated rings. The number of fused-ring (bicyclic) bond motifs is 2. The van der Waals surface area contributed by atoms with Gasteiger partial charge in [-0.25, -0.2) is 4.98 Å². The van der Waals surface area contributed by atoms with Crippen LogP contribution in [0.5, 0.6) is 5.75 Å². The van der Waals surface area contributed by atoms with Gasteiger partial charge in [-0.15, -0.1) is 0 Å². The van der Waals surface area contributed by atoms with Gasteiger partial charge < -0.3 is 20.1 Å². The van der Waals surface area contributed by atoms with Crippen LogP contribution in [0.1, 0.15) is 22.3 Å². The summed E-state index contributed by atoms with van der Waals surface area (Å²) in [5.74, 6) is 0.733. The molecule has 2 N–H and O–H groups in total. The summed E-state index contributed by atoms with van der Waals surface area (Å²) >= 11 is 1.61. The number of benzene rings is 2. The maximum Gasteiger partial charge on any atom is 0.255 e. The highest BCUT2D eigenvalue weighted by Crippen LogP contribution is 2.32. The number of nitrogens with zero attached hydrogens (tertiary/aromatic N) is 2. The molecule has 6 nitrogen and oxygen atoms in total. The van der Waals surface area contributed by atoms with Crippen molar-refractivity contribution in [1.82, 2.24) is 4.98 Å². The molecule has 3 heterocycles. The predicted octanol–water partition coefficient (Wildman–Crippen LogP) is 3.05. The number of β-amino-alcohol motifs (C(OH)–C–C–N with tert-alkyl or cyclic N) is 1. The monoisotopic (exact) mass is 381 g/mol. The van der Waals surface area contributed by atoms with Crippen LogP contribution in [0.25, 0.3) is 10.2 Å². The molecule has 2 aromatic carbocycles. The van der Waals surface area contributed by atoms with Gasteiger partial charge >= 0.3 is 0 Å². The Morgan fingerprint density at radius 1 is 1.30 bits per heavy atom. The van der Waals surface area contributed by atoms with Crippen LogP contribution in [-0.4, -0.2) is 41.8 Å². The quantitative estimate of drug-likeness (QED) is 0.729. The van der Waals surface area contributed by atoms with Gasteiger partial charge in [0.1, 0.15) is 5.75 Å². The zero-order chi connectivity index (χ0) is 18.4. The Bertz CT molecular complexity index is 1030. The molecule has 3 aromatic rings. The van der Waals surface area contributed by atoms with Gasteiger partial charge in [0.2, 0.25) is 0 Å². The van der Waals surface area contributed by atoms with Gasteiger partial charge in [-0.2, -0.15) is 0 Å². The third-order valence-corrected chi connectivity index (χ3v) is 6.12. The lowest BCUT2D eigenvalue weighted by Crippen LogP contribution is -2.20. The fraction of sp³-hybridized carbons (Fsp3) is 0.300. The molecule has 5 rings (SSSR count).